The first-order chi connectivity index (χ1) is 10.5. The first-order valence-electron chi connectivity index (χ1n) is 7.00. The number of likely N-dealkylation sites (tertiary alicyclic amines) is 1. The largest absolute Gasteiger partial charge is 0.361 e. The highest BCUT2D eigenvalue weighted by molar-refractivity contribution is 5.89. The van der Waals surface area contributed by atoms with Gasteiger partial charge in [0.05, 0.1) is 11.7 Å². The molecule has 1 atom stereocenters. The Kier molecular flexibility index (Phi) is 3.79. The van der Waals surface area contributed by atoms with Gasteiger partial charge in [-0.05, 0) is 31.9 Å². The van der Waals surface area contributed by atoms with E-state index in [1.165, 1.54) is 6.07 Å². The van der Waals surface area contributed by atoms with Crippen molar-refractivity contribution in [2.24, 2.45) is 0 Å². The molecule has 1 aliphatic rings. The molecule has 1 fully saturated rings. The maximum Gasteiger partial charge on any atom is 0.322 e. The summed E-state index contributed by atoms with van der Waals surface area (Å²) >= 11 is 0. The van der Waals surface area contributed by atoms with Crippen molar-refractivity contribution in [1.29, 1.82) is 0 Å². The monoisotopic (exact) mass is 307 g/mol. The van der Waals surface area contributed by atoms with E-state index in [4.69, 9.17) is 4.52 Å². The van der Waals surface area contributed by atoms with Gasteiger partial charge in [0.1, 0.15) is 23.1 Å². The van der Waals surface area contributed by atoms with Crippen molar-refractivity contribution in [2.75, 3.05) is 11.9 Å². The molecule has 0 radical (unpaired) electrons. The van der Waals surface area contributed by atoms with Crippen molar-refractivity contribution in [3.05, 3.63) is 47.4 Å². The van der Waals surface area contributed by atoms with Crippen LogP contribution >= 0.6 is 0 Å². The van der Waals surface area contributed by atoms with Crippen LogP contribution in [0.1, 0.15) is 30.3 Å². The van der Waals surface area contributed by atoms with Gasteiger partial charge in [-0.1, -0.05) is 5.16 Å². The second-order valence-electron chi connectivity index (χ2n) is 5.27. The predicted octanol–water partition coefficient (Wildman–Crippen LogP) is 3.63. The zero-order valence-corrected chi connectivity index (χ0v) is 12.0. The van der Waals surface area contributed by atoms with E-state index < -0.39 is 17.7 Å². The van der Waals surface area contributed by atoms with Crippen LogP contribution in [0.3, 0.4) is 0 Å². The maximum atomic E-state index is 13.6. The van der Waals surface area contributed by atoms with Gasteiger partial charge in [-0.15, -0.1) is 0 Å². The van der Waals surface area contributed by atoms with Crippen LogP contribution in [-0.2, 0) is 0 Å². The summed E-state index contributed by atoms with van der Waals surface area (Å²) in [6.45, 7) is 2.33. The van der Waals surface area contributed by atoms with Crippen LogP contribution in [-0.4, -0.2) is 22.6 Å². The average molecular weight is 307 g/mol. The van der Waals surface area contributed by atoms with Gasteiger partial charge >= 0.3 is 6.03 Å². The molecule has 22 heavy (non-hydrogen) atoms. The van der Waals surface area contributed by atoms with Gasteiger partial charge in [0.15, 0.2) is 0 Å². The Morgan fingerprint density at radius 1 is 1.41 bits per heavy atom. The maximum absolute atomic E-state index is 13.6. The lowest BCUT2D eigenvalue weighted by molar-refractivity contribution is 0.204. The van der Waals surface area contributed by atoms with E-state index in [0.717, 1.165) is 25.0 Å². The van der Waals surface area contributed by atoms with Crippen LogP contribution in [0.2, 0.25) is 0 Å². The van der Waals surface area contributed by atoms with E-state index in [0.29, 0.717) is 18.0 Å². The Hall–Kier alpha value is -2.44. The second kappa shape index (κ2) is 5.75. The number of carbonyl (C=O) groups excluding carboxylic acids is 1. The van der Waals surface area contributed by atoms with Gasteiger partial charge in [0, 0.05) is 18.7 Å². The van der Waals surface area contributed by atoms with E-state index in [-0.39, 0.29) is 11.7 Å². The molecule has 0 unspecified atom stereocenters. The number of hydrogen-bond donors (Lipinski definition) is 1. The Morgan fingerprint density at radius 3 is 2.91 bits per heavy atom. The third-order valence-corrected chi connectivity index (χ3v) is 3.67. The number of halogens is 2. The van der Waals surface area contributed by atoms with Gasteiger partial charge < -0.3 is 14.7 Å². The Bertz CT molecular complexity index is 702. The molecule has 1 aromatic heterocycles. The number of hydrogen-bond acceptors (Lipinski definition) is 3. The molecule has 0 bridgehead atoms. The summed E-state index contributed by atoms with van der Waals surface area (Å²) in [7, 11) is 0. The van der Waals surface area contributed by atoms with Gasteiger partial charge in [0.25, 0.3) is 0 Å². The van der Waals surface area contributed by atoms with Crippen LogP contribution in [0.4, 0.5) is 19.3 Å². The van der Waals surface area contributed by atoms with Crippen molar-refractivity contribution >= 4 is 11.7 Å². The number of nitrogens with zero attached hydrogens (tertiary/aromatic N) is 2. The first-order valence-corrected chi connectivity index (χ1v) is 7.00. The highest BCUT2D eigenvalue weighted by atomic mass is 19.1. The molecule has 0 saturated carbocycles. The molecule has 1 aromatic carbocycles. The number of aromatic nitrogens is 1. The van der Waals surface area contributed by atoms with Gasteiger partial charge in [-0.2, -0.15) is 0 Å². The molecule has 1 aliphatic heterocycles. The Labute approximate surface area is 125 Å². The zero-order chi connectivity index (χ0) is 15.7. The minimum absolute atomic E-state index is 0.0478. The number of anilines is 1. The standard InChI is InChI=1S/C15H15F2N3O2/c1-9-7-13(19-22-9)14-3-2-6-20(14)15(21)18-12-5-4-10(16)8-11(12)17/h4-5,7-8,14H,2-3,6H2,1H3,(H,18,21)/t14-/m0/s1. The van der Waals surface area contributed by atoms with E-state index in [2.05, 4.69) is 10.5 Å². The molecule has 1 saturated heterocycles. The van der Waals surface area contributed by atoms with Crippen LogP contribution in [0, 0.1) is 18.6 Å². The molecule has 0 spiro atoms. The minimum atomic E-state index is -0.804. The molecule has 116 valence electrons. The molecule has 2 aromatic rings. The van der Waals surface area contributed by atoms with E-state index in [1.54, 1.807) is 17.9 Å². The topological polar surface area (TPSA) is 58.4 Å². The van der Waals surface area contributed by atoms with Crippen LogP contribution in [0.5, 0.6) is 0 Å². The number of carbonyl (C=O) groups is 1. The van der Waals surface area contributed by atoms with Crippen molar-refractivity contribution in [1.82, 2.24) is 10.1 Å². The van der Waals surface area contributed by atoms with Crippen LogP contribution in [0.25, 0.3) is 0 Å². The Balaban J connectivity index is 1.76. The number of urea groups is 1. The number of rotatable bonds is 2. The second-order valence-corrected chi connectivity index (χ2v) is 5.27. The third-order valence-electron chi connectivity index (χ3n) is 3.67. The fraction of sp³-hybridized carbons (Fsp3) is 0.333. The summed E-state index contributed by atoms with van der Waals surface area (Å²) in [6.07, 6.45) is 1.60. The van der Waals surface area contributed by atoms with Crippen molar-refractivity contribution < 1.29 is 18.1 Å². The van der Waals surface area contributed by atoms with Crippen LogP contribution in [0.15, 0.2) is 28.8 Å². The normalized spacial score (nSPS) is 17.8. The lowest BCUT2D eigenvalue weighted by Crippen LogP contribution is -2.34. The molecule has 0 aliphatic carbocycles. The van der Waals surface area contributed by atoms with Crippen molar-refractivity contribution in [2.45, 2.75) is 25.8 Å². The molecule has 1 N–H and O–H groups in total. The molecule has 7 heteroatoms. The van der Waals surface area contributed by atoms with Gasteiger partial charge in [-0.3, -0.25) is 0 Å². The minimum Gasteiger partial charge on any atom is -0.361 e. The summed E-state index contributed by atoms with van der Waals surface area (Å²) in [4.78, 5) is 13.9. The fourth-order valence-corrected chi connectivity index (χ4v) is 2.64. The quantitative estimate of drug-likeness (QED) is 0.921. The third kappa shape index (κ3) is 2.79. The summed E-state index contributed by atoms with van der Waals surface area (Å²) in [5.74, 6) is -0.819. The van der Waals surface area contributed by atoms with Gasteiger partial charge in [0.2, 0.25) is 0 Å². The zero-order valence-electron chi connectivity index (χ0n) is 12.0. The van der Waals surface area contributed by atoms with Crippen molar-refractivity contribution in [3.8, 4) is 0 Å². The fourth-order valence-electron chi connectivity index (χ4n) is 2.64. The molecule has 2 heterocycles. The number of aryl methyl sites for hydroxylation is 1. The van der Waals surface area contributed by atoms with E-state index in [9.17, 15) is 13.6 Å². The summed E-state index contributed by atoms with van der Waals surface area (Å²) in [6, 6.07) is 4.19. The SMILES string of the molecule is Cc1cc([C@@H]2CCCN2C(=O)Nc2ccc(F)cc2F)no1. The van der Waals surface area contributed by atoms with Crippen LogP contribution < -0.4 is 5.32 Å². The summed E-state index contributed by atoms with van der Waals surface area (Å²) < 4.78 is 31.6. The number of nitrogens with one attached hydrogen (secondary N) is 1. The van der Waals surface area contributed by atoms with E-state index in [1.807, 2.05) is 0 Å². The lowest BCUT2D eigenvalue weighted by atomic mass is 10.1. The predicted molar refractivity (Wildman–Crippen MR) is 75.3 cm³/mol. The average Bonchev–Trinajstić information content (AvgIpc) is 3.10. The number of benzene rings is 1. The van der Waals surface area contributed by atoms with Gasteiger partial charge in [-0.25, -0.2) is 13.6 Å². The molecule has 5 nitrogen and oxygen atoms in total. The summed E-state index contributed by atoms with van der Waals surface area (Å²) in [5, 5.41) is 6.42. The Morgan fingerprint density at radius 2 is 2.23 bits per heavy atom. The smallest absolute Gasteiger partial charge is 0.322 e. The molecular weight excluding hydrogens is 292 g/mol. The molecular formula is C15H15F2N3O2. The lowest BCUT2D eigenvalue weighted by Gasteiger charge is -2.23. The first kappa shape index (κ1) is 14.5. The van der Waals surface area contributed by atoms with Crippen molar-refractivity contribution in [3.63, 3.8) is 0 Å². The summed E-state index contributed by atoms with van der Waals surface area (Å²) in [5.41, 5.74) is 0.637. The number of amides is 2. The molecule has 3 rings (SSSR count). The molecule has 2 amide bonds. The van der Waals surface area contributed by atoms with E-state index >= 15 is 0 Å². The highest BCUT2D eigenvalue weighted by Crippen LogP contribution is 2.32. The highest BCUT2D eigenvalue weighted by Gasteiger charge is 2.32.